The van der Waals surface area contributed by atoms with Gasteiger partial charge in [-0.2, -0.15) is 0 Å². The minimum atomic E-state index is -0.143. The molecule has 0 saturated carbocycles. The zero-order valence-corrected chi connectivity index (χ0v) is 12.1. The Labute approximate surface area is 121 Å². The molecule has 0 bridgehead atoms. The monoisotopic (exact) mass is 318 g/mol. The quantitative estimate of drug-likeness (QED) is 0.851. The van der Waals surface area contributed by atoms with Crippen LogP contribution in [0.5, 0.6) is 0 Å². The Morgan fingerprint density at radius 3 is 2.58 bits per heavy atom. The number of halogens is 1. The van der Waals surface area contributed by atoms with Crippen LogP contribution in [0.3, 0.4) is 0 Å². The lowest BCUT2D eigenvalue weighted by Crippen LogP contribution is -2.27. The van der Waals surface area contributed by atoms with Crippen molar-refractivity contribution in [2.45, 2.75) is 13.0 Å². The molecular weight excluding hydrogens is 304 g/mol. The summed E-state index contributed by atoms with van der Waals surface area (Å²) in [4.78, 5) is 12.2. The highest BCUT2D eigenvalue weighted by Gasteiger charge is 2.14. The third kappa shape index (κ3) is 3.35. The Kier molecular flexibility index (Phi) is 4.22. The van der Waals surface area contributed by atoms with Gasteiger partial charge in [-0.05, 0) is 46.6 Å². The highest BCUT2D eigenvalue weighted by molar-refractivity contribution is 9.10. The van der Waals surface area contributed by atoms with Crippen LogP contribution >= 0.6 is 15.9 Å². The zero-order chi connectivity index (χ0) is 13.8. The third-order valence-electron chi connectivity index (χ3n) is 2.88. The van der Waals surface area contributed by atoms with Crippen molar-refractivity contribution >= 4 is 27.5 Å². The van der Waals surface area contributed by atoms with Crippen LogP contribution in [-0.2, 0) is 0 Å². The number of benzene rings is 2. The average molecular weight is 319 g/mol. The third-order valence-corrected chi connectivity index (χ3v) is 3.57. The van der Waals surface area contributed by atoms with E-state index in [1.54, 1.807) is 18.2 Å². The molecule has 0 spiro atoms. The summed E-state index contributed by atoms with van der Waals surface area (Å²) < 4.78 is 0.736. The lowest BCUT2D eigenvalue weighted by molar-refractivity contribution is 0.0939. The highest BCUT2D eigenvalue weighted by Crippen LogP contribution is 2.21. The van der Waals surface area contributed by atoms with Gasteiger partial charge in [-0.15, -0.1) is 0 Å². The van der Waals surface area contributed by atoms with E-state index in [9.17, 15) is 4.79 Å². The maximum Gasteiger partial charge on any atom is 0.252 e. The molecular formula is C15H15BrN2O. The van der Waals surface area contributed by atoms with E-state index in [4.69, 9.17) is 5.73 Å². The van der Waals surface area contributed by atoms with Gasteiger partial charge in [-0.25, -0.2) is 0 Å². The highest BCUT2D eigenvalue weighted by atomic mass is 79.9. The second-order valence-corrected chi connectivity index (χ2v) is 5.20. The summed E-state index contributed by atoms with van der Waals surface area (Å²) >= 11 is 3.36. The molecule has 0 radical (unpaired) electrons. The fourth-order valence-corrected chi connectivity index (χ4v) is 2.24. The Morgan fingerprint density at radius 2 is 1.89 bits per heavy atom. The maximum atomic E-state index is 12.2. The van der Waals surface area contributed by atoms with E-state index in [-0.39, 0.29) is 11.9 Å². The molecule has 0 aliphatic rings. The van der Waals surface area contributed by atoms with Crippen molar-refractivity contribution in [2.75, 3.05) is 5.73 Å². The van der Waals surface area contributed by atoms with Crippen molar-refractivity contribution in [3.05, 3.63) is 64.1 Å². The van der Waals surface area contributed by atoms with Crippen molar-refractivity contribution < 1.29 is 4.79 Å². The molecule has 98 valence electrons. The van der Waals surface area contributed by atoms with Gasteiger partial charge in [0.1, 0.15) is 0 Å². The number of hydrogen-bond acceptors (Lipinski definition) is 2. The fraction of sp³-hybridized carbons (Fsp3) is 0.133. The van der Waals surface area contributed by atoms with Crippen LogP contribution in [0.1, 0.15) is 28.9 Å². The number of hydrogen-bond donors (Lipinski definition) is 2. The van der Waals surface area contributed by atoms with Gasteiger partial charge in [0.2, 0.25) is 0 Å². The van der Waals surface area contributed by atoms with Gasteiger partial charge in [0.15, 0.2) is 0 Å². The Balaban J connectivity index is 2.15. The number of nitrogens with one attached hydrogen (secondary N) is 1. The van der Waals surface area contributed by atoms with Gasteiger partial charge in [-0.1, -0.05) is 30.3 Å². The van der Waals surface area contributed by atoms with Gasteiger partial charge in [0.25, 0.3) is 5.91 Å². The standard InChI is InChI=1S/C15H15BrN2O/c1-10(11-5-3-2-4-6-11)18-15(19)13-9-12(17)7-8-14(13)16/h2-10H,17H2,1H3,(H,18,19)/t10-/m0/s1. The van der Waals surface area contributed by atoms with Crippen LogP contribution in [0.4, 0.5) is 5.69 Å². The van der Waals surface area contributed by atoms with Crippen LogP contribution in [0, 0.1) is 0 Å². The number of nitrogen functional groups attached to an aromatic ring is 1. The molecule has 4 heteroatoms. The number of carbonyl (C=O) groups excluding carboxylic acids is 1. The average Bonchev–Trinajstić information content (AvgIpc) is 2.42. The van der Waals surface area contributed by atoms with Gasteiger partial charge < -0.3 is 11.1 Å². The molecule has 2 aromatic rings. The summed E-state index contributed by atoms with van der Waals surface area (Å²) in [7, 11) is 0. The molecule has 2 aromatic carbocycles. The first-order chi connectivity index (χ1) is 9.08. The summed E-state index contributed by atoms with van der Waals surface area (Å²) in [6, 6.07) is 15.0. The summed E-state index contributed by atoms with van der Waals surface area (Å²) in [5.41, 5.74) is 7.89. The molecule has 0 fully saturated rings. The number of amides is 1. The molecule has 1 amide bonds. The molecule has 0 heterocycles. The van der Waals surface area contributed by atoms with Crippen molar-refractivity contribution in [2.24, 2.45) is 0 Å². The van der Waals surface area contributed by atoms with E-state index in [1.807, 2.05) is 37.3 Å². The van der Waals surface area contributed by atoms with Crippen molar-refractivity contribution in [3.63, 3.8) is 0 Å². The minimum absolute atomic E-state index is 0.0537. The van der Waals surface area contributed by atoms with E-state index in [0.29, 0.717) is 11.3 Å². The lowest BCUT2D eigenvalue weighted by atomic mass is 10.1. The number of nitrogens with two attached hydrogens (primary N) is 1. The first-order valence-corrected chi connectivity index (χ1v) is 6.78. The first kappa shape index (κ1) is 13.6. The predicted molar refractivity (Wildman–Crippen MR) is 80.9 cm³/mol. The van der Waals surface area contributed by atoms with Crippen molar-refractivity contribution in [1.29, 1.82) is 0 Å². The summed E-state index contributed by atoms with van der Waals surface area (Å²) in [6.45, 7) is 1.95. The number of rotatable bonds is 3. The molecule has 2 rings (SSSR count). The lowest BCUT2D eigenvalue weighted by Gasteiger charge is -2.15. The number of carbonyl (C=O) groups is 1. The van der Waals surface area contributed by atoms with Crippen molar-refractivity contribution in [3.8, 4) is 0 Å². The molecule has 0 aliphatic heterocycles. The molecule has 0 saturated heterocycles. The Hall–Kier alpha value is -1.81. The normalized spacial score (nSPS) is 11.9. The van der Waals surface area contributed by atoms with Crippen molar-refractivity contribution in [1.82, 2.24) is 5.32 Å². The van der Waals surface area contributed by atoms with Crippen LogP contribution in [0.2, 0.25) is 0 Å². The molecule has 3 N–H and O–H groups in total. The number of anilines is 1. The van der Waals surface area contributed by atoms with Gasteiger partial charge in [0, 0.05) is 10.2 Å². The predicted octanol–water partition coefficient (Wildman–Crippen LogP) is 3.52. The van der Waals surface area contributed by atoms with Crippen LogP contribution in [-0.4, -0.2) is 5.91 Å². The van der Waals surface area contributed by atoms with Gasteiger partial charge in [0.05, 0.1) is 11.6 Å². The molecule has 0 aromatic heterocycles. The molecule has 1 atom stereocenters. The van der Waals surface area contributed by atoms with E-state index in [0.717, 1.165) is 10.0 Å². The smallest absolute Gasteiger partial charge is 0.252 e. The van der Waals surface area contributed by atoms with Crippen LogP contribution < -0.4 is 11.1 Å². The molecule has 0 aliphatic carbocycles. The van der Waals surface area contributed by atoms with Crippen LogP contribution in [0.25, 0.3) is 0 Å². The van der Waals surface area contributed by atoms with Gasteiger partial charge >= 0.3 is 0 Å². The zero-order valence-electron chi connectivity index (χ0n) is 10.6. The van der Waals surface area contributed by atoms with E-state index in [2.05, 4.69) is 21.2 Å². The maximum absolute atomic E-state index is 12.2. The molecule has 3 nitrogen and oxygen atoms in total. The molecule has 0 unspecified atom stereocenters. The Morgan fingerprint density at radius 1 is 1.21 bits per heavy atom. The second-order valence-electron chi connectivity index (χ2n) is 4.35. The Bertz CT molecular complexity index is 584. The van der Waals surface area contributed by atoms with Crippen LogP contribution in [0.15, 0.2) is 53.0 Å². The topological polar surface area (TPSA) is 55.1 Å². The SMILES string of the molecule is C[C@H](NC(=O)c1cc(N)ccc1Br)c1ccccc1. The minimum Gasteiger partial charge on any atom is -0.399 e. The van der Waals surface area contributed by atoms with E-state index in [1.165, 1.54) is 0 Å². The van der Waals surface area contributed by atoms with E-state index < -0.39 is 0 Å². The summed E-state index contributed by atoms with van der Waals surface area (Å²) in [5.74, 6) is -0.143. The largest absolute Gasteiger partial charge is 0.399 e. The van der Waals surface area contributed by atoms with E-state index >= 15 is 0 Å². The molecule has 19 heavy (non-hydrogen) atoms. The van der Waals surface area contributed by atoms with Gasteiger partial charge in [-0.3, -0.25) is 4.79 Å². The second kappa shape index (κ2) is 5.89. The fourth-order valence-electron chi connectivity index (χ4n) is 1.82. The summed E-state index contributed by atoms with van der Waals surface area (Å²) in [5, 5.41) is 2.96. The summed E-state index contributed by atoms with van der Waals surface area (Å²) in [6.07, 6.45) is 0. The first-order valence-electron chi connectivity index (χ1n) is 5.99.